The Balaban J connectivity index is 1.99. The summed E-state index contributed by atoms with van der Waals surface area (Å²) in [6.45, 7) is 5.12. The fourth-order valence-electron chi connectivity index (χ4n) is 3.86. The third kappa shape index (κ3) is 5.29. The first-order valence-corrected chi connectivity index (χ1v) is 10.8. The number of hydrogen-bond acceptors (Lipinski definition) is 3. The highest BCUT2D eigenvalue weighted by Gasteiger charge is 2.42. The fraction of sp³-hybridized carbons (Fsp3) is 0.222. The molecule has 0 aliphatic heterocycles. The van der Waals surface area contributed by atoms with Gasteiger partial charge in [0, 0.05) is 5.56 Å². The Morgan fingerprint density at radius 2 is 1.24 bits per heavy atom. The van der Waals surface area contributed by atoms with Gasteiger partial charge in [-0.3, -0.25) is 9.59 Å². The number of rotatable bonds is 8. The zero-order chi connectivity index (χ0) is 24.0. The molecule has 0 heterocycles. The van der Waals surface area contributed by atoms with Crippen molar-refractivity contribution in [1.82, 2.24) is 10.2 Å². The maximum atomic E-state index is 13.6. The molecular weight excluding hydrogens is 416 g/mol. The minimum atomic E-state index is -1.36. The van der Waals surface area contributed by atoms with Gasteiger partial charge in [0.25, 0.3) is 5.91 Å². The molecule has 6 nitrogen and oxygen atoms in total. The van der Waals surface area contributed by atoms with Crippen LogP contribution >= 0.6 is 0 Å². The molecule has 3 aromatic rings. The summed E-state index contributed by atoms with van der Waals surface area (Å²) in [5.74, 6) is -2.06. The van der Waals surface area contributed by atoms with Crippen molar-refractivity contribution < 1.29 is 19.5 Å². The molecule has 0 unspecified atom stereocenters. The Bertz CT molecular complexity index is 1100. The molecule has 2 N–H and O–H groups in total. The average molecular weight is 445 g/mol. The van der Waals surface area contributed by atoms with Crippen LogP contribution in [0.25, 0.3) is 0 Å². The predicted octanol–water partition coefficient (Wildman–Crippen LogP) is 4.61. The molecule has 0 radical (unpaired) electrons. The molecule has 0 saturated carbocycles. The van der Waals surface area contributed by atoms with Crippen LogP contribution in [0.5, 0.6) is 0 Å². The lowest BCUT2D eigenvalue weighted by Gasteiger charge is -2.42. The number of carboxylic acid groups (broad SMARTS) is 1. The van der Waals surface area contributed by atoms with Gasteiger partial charge in [-0.1, -0.05) is 78.9 Å². The Morgan fingerprint density at radius 1 is 0.788 bits per heavy atom. The zero-order valence-corrected chi connectivity index (χ0v) is 18.9. The van der Waals surface area contributed by atoms with Gasteiger partial charge in [-0.15, -0.1) is 0 Å². The molecule has 6 heteroatoms. The quantitative estimate of drug-likeness (QED) is 0.531. The number of carboxylic acids is 1. The van der Waals surface area contributed by atoms with Crippen LogP contribution in [0.4, 0.5) is 0 Å². The molecule has 0 saturated heterocycles. The lowest BCUT2D eigenvalue weighted by molar-refractivity contribution is -0.144. The lowest BCUT2D eigenvalue weighted by Crippen LogP contribution is -2.58. The van der Waals surface area contributed by atoms with Crippen molar-refractivity contribution in [3.8, 4) is 0 Å². The van der Waals surface area contributed by atoms with Gasteiger partial charge in [0.05, 0.1) is 6.04 Å². The van der Waals surface area contributed by atoms with Crippen LogP contribution in [-0.2, 0) is 9.59 Å². The number of aliphatic carboxylic acids is 1. The number of benzene rings is 3. The maximum Gasteiger partial charge on any atom is 0.330 e. The first-order valence-electron chi connectivity index (χ1n) is 10.8. The Kier molecular flexibility index (Phi) is 7.28. The van der Waals surface area contributed by atoms with E-state index in [1.54, 1.807) is 68.4 Å². The normalized spacial score (nSPS) is 12.9. The SMILES string of the molecule is C[C@@H](c1ccccc1)N(C(=O)c1ccccc1)C(C)(C)C(=O)N[C@@H](C(=O)O)c1ccccc1. The van der Waals surface area contributed by atoms with Gasteiger partial charge in [-0.05, 0) is 44.0 Å². The largest absolute Gasteiger partial charge is 0.479 e. The topological polar surface area (TPSA) is 86.7 Å². The highest BCUT2D eigenvalue weighted by Crippen LogP contribution is 2.31. The average Bonchev–Trinajstić information content (AvgIpc) is 2.83. The van der Waals surface area contributed by atoms with Crippen molar-refractivity contribution in [2.75, 3.05) is 0 Å². The third-order valence-corrected chi connectivity index (χ3v) is 5.72. The minimum absolute atomic E-state index is 0.321. The van der Waals surface area contributed by atoms with Gasteiger partial charge in [-0.2, -0.15) is 0 Å². The van der Waals surface area contributed by atoms with E-state index in [0.717, 1.165) is 5.56 Å². The molecular formula is C27H28N2O4. The van der Waals surface area contributed by atoms with Crippen LogP contribution in [0.1, 0.15) is 54.3 Å². The van der Waals surface area contributed by atoms with Crippen molar-refractivity contribution in [2.24, 2.45) is 0 Å². The van der Waals surface area contributed by atoms with E-state index in [-0.39, 0.29) is 5.91 Å². The van der Waals surface area contributed by atoms with Crippen LogP contribution in [0, 0.1) is 0 Å². The van der Waals surface area contributed by atoms with Crippen LogP contribution in [0.2, 0.25) is 0 Å². The Hall–Kier alpha value is -3.93. The molecule has 0 bridgehead atoms. The maximum absolute atomic E-state index is 13.6. The second-order valence-corrected chi connectivity index (χ2v) is 8.34. The van der Waals surface area contributed by atoms with E-state index in [9.17, 15) is 19.5 Å². The monoisotopic (exact) mass is 444 g/mol. The Labute approximate surface area is 193 Å². The van der Waals surface area contributed by atoms with Crippen molar-refractivity contribution in [2.45, 2.75) is 38.4 Å². The van der Waals surface area contributed by atoms with E-state index in [4.69, 9.17) is 0 Å². The van der Waals surface area contributed by atoms with Crippen molar-refractivity contribution in [1.29, 1.82) is 0 Å². The van der Waals surface area contributed by atoms with Crippen molar-refractivity contribution in [3.63, 3.8) is 0 Å². The van der Waals surface area contributed by atoms with Crippen LogP contribution in [0.3, 0.4) is 0 Å². The highest BCUT2D eigenvalue weighted by atomic mass is 16.4. The molecule has 2 atom stereocenters. The summed E-state index contributed by atoms with van der Waals surface area (Å²) in [6, 6.07) is 25.0. The highest BCUT2D eigenvalue weighted by molar-refractivity contribution is 6.00. The van der Waals surface area contributed by atoms with E-state index < -0.39 is 29.5 Å². The summed E-state index contributed by atoms with van der Waals surface area (Å²) in [4.78, 5) is 40.6. The number of amides is 2. The zero-order valence-electron chi connectivity index (χ0n) is 18.9. The summed E-state index contributed by atoms with van der Waals surface area (Å²) < 4.78 is 0. The molecule has 0 aliphatic carbocycles. The molecule has 0 fully saturated rings. The van der Waals surface area contributed by atoms with Crippen molar-refractivity contribution >= 4 is 17.8 Å². The van der Waals surface area contributed by atoms with Gasteiger partial charge >= 0.3 is 5.97 Å². The van der Waals surface area contributed by atoms with Gasteiger partial charge < -0.3 is 15.3 Å². The number of carbonyl (C=O) groups excluding carboxylic acids is 2. The summed E-state index contributed by atoms with van der Waals surface area (Å²) in [5, 5.41) is 12.4. The summed E-state index contributed by atoms with van der Waals surface area (Å²) in [6.07, 6.45) is 0. The first kappa shape index (κ1) is 23.7. The summed E-state index contributed by atoms with van der Waals surface area (Å²) in [5.41, 5.74) is 0.399. The van der Waals surface area contributed by atoms with Gasteiger partial charge in [-0.25, -0.2) is 4.79 Å². The van der Waals surface area contributed by atoms with E-state index >= 15 is 0 Å². The van der Waals surface area contributed by atoms with E-state index in [1.807, 2.05) is 43.3 Å². The van der Waals surface area contributed by atoms with Crippen LogP contribution in [-0.4, -0.2) is 33.3 Å². The molecule has 0 aliphatic rings. The predicted molar refractivity (Wildman–Crippen MR) is 127 cm³/mol. The summed E-state index contributed by atoms with van der Waals surface area (Å²) >= 11 is 0. The van der Waals surface area contributed by atoms with Crippen LogP contribution < -0.4 is 5.32 Å². The van der Waals surface area contributed by atoms with Crippen LogP contribution in [0.15, 0.2) is 91.0 Å². The second-order valence-electron chi connectivity index (χ2n) is 8.34. The van der Waals surface area contributed by atoms with Gasteiger partial charge in [0.1, 0.15) is 5.54 Å². The first-order chi connectivity index (χ1) is 15.7. The molecule has 3 rings (SSSR count). The molecule has 170 valence electrons. The molecule has 0 aromatic heterocycles. The molecule has 33 heavy (non-hydrogen) atoms. The number of hydrogen-bond donors (Lipinski definition) is 2. The Morgan fingerprint density at radius 3 is 1.73 bits per heavy atom. The second kappa shape index (κ2) is 10.1. The standard InChI is InChI=1S/C27H28N2O4/c1-19(20-13-7-4-8-14-20)29(24(30)22-17-11-6-12-18-22)27(2,3)26(33)28-23(25(31)32)21-15-9-5-10-16-21/h4-19,23H,1-3H3,(H,28,33)(H,31,32)/t19-,23+/m0/s1. The van der Waals surface area contributed by atoms with E-state index in [1.165, 1.54) is 4.90 Å². The van der Waals surface area contributed by atoms with Gasteiger partial charge in [0.2, 0.25) is 5.91 Å². The summed E-state index contributed by atoms with van der Waals surface area (Å²) in [7, 11) is 0. The molecule has 0 spiro atoms. The van der Waals surface area contributed by atoms with E-state index in [2.05, 4.69) is 5.32 Å². The molecule has 2 amide bonds. The van der Waals surface area contributed by atoms with Crippen molar-refractivity contribution in [3.05, 3.63) is 108 Å². The lowest BCUT2D eigenvalue weighted by atomic mass is 9.93. The van der Waals surface area contributed by atoms with Gasteiger partial charge in [0.15, 0.2) is 6.04 Å². The number of nitrogens with zero attached hydrogens (tertiary/aromatic N) is 1. The minimum Gasteiger partial charge on any atom is -0.479 e. The molecule has 3 aromatic carbocycles. The number of carbonyl (C=O) groups is 3. The smallest absolute Gasteiger partial charge is 0.330 e. The fourth-order valence-corrected chi connectivity index (χ4v) is 3.86. The number of nitrogens with one attached hydrogen (secondary N) is 1. The third-order valence-electron chi connectivity index (χ3n) is 5.72. The van der Waals surface area contributed by atoms with E-state index in [0.29, 0.717) is 11.1 Å².